The topological polar surface area (TPSA) is 72.5 Å². The fraction of sp³-hybridized carbons (Fsp3) is 0.500. The van der Waals surface area contributed by atoms with Crippen LogP contribution in [0.1, 0.15) is 13.3 Å². The number of aliphatic carboxylic acids is 1. The molecule has 1 aliphatic carbocycles. The lowest BCUT2D eigenvalue weighted by atomic mass is 10.0. The number of ether oxygens (including phenoxy) is 1. The van der Waals surface area contributed by atoms with E-state index in [0.717, 1.165) is 5.75 Å². The van der Waals surface area contributed by atoms with E-state index in [0.29, 0.717) is 23.5 Å². The Bertz CT molecular complexity index is 323. The number of carbonyl (C=O) groups is 1. The van der Waals surface area contributed by atoms with Crippen molar-refractivity contribution in [1.29, 1.82) is 0 Å². The molecule has 5 heteroatoms. The first kappa shape index (κ1) is 12.0. The average molecular weight is 229 g/mol. The van der Waals surface area contributed by atoms with E-state index in [4.69, 9.17) is 15.6 Å². The summed E-state index contributed by atoms with van der Waals surface area (Å²) >= 11 is 1.65. The molecule has 4 nitrogen and oxygen atoms in total. The maximum Gasteiger partial charge on any atom is 0.335 e. The first-order valence-electron chi connectivity index (χ1n) is 4.69. The number of hydrogen-bond acceptors (Lipinski definition) is 4. The van der Waals surface area contributed by atoms with E-state index in [9.17, 15) is 4.79 Å². The van der Waals surface area contributed by atoms with Crippen LogP contribution in [0.3, 0.4) is 0 Å². The van der Waals surface area contributed by atoms with Gasteiger partial charge < -0.3 is 15.6 Å². The fourth-order valence-corrected chi connectivity index (χ4v) is 2.41. The molecule has 1 unspecified atom stereocenters. The number of methoxy groups -OCH3 is 1. The van der Waals surface area contributed by atoms with Crippen molar-refractivity contribution >= 4 is 17.7 Å². The molecule has 0 aromatic rings. The summed E-state index contributed by atoms with van der Waals surface area (Å²) in [7, 11) is 1.45. The minimum Gasteiger partial charge on any atom is -0.496 e. The summed E-state index contributed by atoms with van der Waals surface area (Å²) in [5, 5.41) is 9.05. The van der Waals surface area contributed by atoms with Crippen LogP contribution in [0.2, 0.25) is 0 Å². The Labute approximate surface area is 93.2 Å². The highest BCUT2D eigenvalue weighted by molar-refractivity contribution is 8.00. The maximum atomic E-state index is 11.0. The van der Waals surface area contributed by atoms with Gasteiger partial charge in [0, 0.05) is 23.4 Å². The van der Waals surface area contributed by atoms with E-state index in [1.54, 1.807) is 17.8 Å². The second-order valence-electron chi connectivity index (χ2n) is 3.14. The minimum absolute atomic E-state index is 0.0556. The summed E-state index contributed by atoms with van der Waals surface area (Å²) in [4.78, 5) is 11.0. The largest absolute Gasteiger partial charge is 0.496 e. The van der Waals surface area contributed by atoms with Gasteiger partial charge >= 0.3 is 5.97 Å². The van der Waals surface area contributed by atoms with Crippen LogP contribution in [0, 0.1) is 0 Å². The van der Waals surface area contributed by atoms with Crippen molar-refractivity contribution in [1.82, 2.24) is 0 Å². The average Bonchev–Trinajstić information content (AvgIpc) is 2.20. The van der Waals surface area contributed by atoms with Crippen LogP contribution in [-0.4, -0.2) is 29.2 Å². The van der Waals surface area contributed by atoms with Gasteiger partial charge in [0.1, 0.15) is 5.76 Å². The Balaban J connectivity index is 2.95. The van der Waals surface area contributed by atoms with Gasteiger partial charge in [-0.1, -0.05) is 6.92 Å². The zero-order chi connectivity index (χ0) is 11.4. The third-order valence-electron chi connectivity index (χ3n) is 2.20. The van der Waals surface area contributed by atoms with E-state index in [1.807, 2.05) is 6.92 Å². The molecule has 0 aromatic carbocycles. The van der Waals surface area contributed by atoms with Crippen LogP contribution in [0.25, 0.3) is 0 Å². The lowest BCUT2D eigenvalue weighted by Gasteiger charge is -2.22. The third-order valence-corrected chi connectivity index (χ3v) is 3.38. The normalized spacial score (nSPS) is 21.2. The Kier molecular flexibility index (Phi) is 4.08. The van der Waals surface area contributed by atoms with Gasteiger partial charge in [0.2, 0.25) is 0 Å². The van der Waals surface area contributed by atoms with Crippen LogP contribution in [-0.2, 0) is 9.53 Å². The van der Waals surface area contributed by atoms with Crippen LogP contribution < -0.4 is 5.73 Å². The number of hydrogen-bond donors (Lipinski definition) is 2. The van der Waals surface area contributed by atoms with E-state index in [-0.39, 0.29) is 5.25 Å². The third kappa shape index (κ3) is 2.68. The summed E-state index contributed by atoms with van der Waals surface area (Å²) in [6, 6.07) is 0. The van der Waals surface area contributed by atoms with E-state index >= 15 is 0 Å². The SMILES string of the molecule is CCSC1CC(C(=O)O)=C(OC)C=C1N. The predicted molar refractivity (Wildman–Crippen MR) is 60.5 cm³/mol. The molecule has 3 N–H and O–H groups in total. The molecule has 0 radical (unpaired) electrons. The molecule has 0 aliphatic heterocycles. The quantitative estimate of drug-likeness (QED) is 0.761. The molecule has 0 saturated heterocycles. The Morgan fingerprint density at radius 3 is 2.93 bits per heavy atom. The van der Waals surface area contributed by atoms with Crippen molar-refractivity contribution in [2.45, 2.75) is 18.6 Å². The Hall–Kier alpha value is -1.10. The molecular weight excluding hydrogens is 214 g/mol. The van der Waals surface area contributed by atoms with Crippen molar-refractivity contribution in [3.05, 3.63) is 23.1 Å². The summed E-state index contributed by atoms with van der Waals surface area (Å²) < 4.78 is 5.00. The van der Waals surface area contributed by atoms with Gasteiger partial charge in [-0.2, -0.15) is 11.8 Å². The number of thioether (sulfide) groups is 1. The first-order chi connectivity index (χ1) is 7.10. The summed E-state index contributed by atoms with van der Waals surface area (Å²) in [5.74, 6) is 0.347. The number of allylic oxidation sites excluding steroid dienone is 1. The van der Waals surface area contributed by atoms with Gasteiger partial charge in [-0.15, -0.1) is 0 Å². The first-order valence-corrected chi connectivity index (χ1v) is 5.74. The van der Waals surface area contributed by atoms with Crippen molar-refractivity contribution in [2.75, 3.05) is 12.9 Å². The molecule has 0 bridgehead atoms. The summed E-state index contributed by atoms with van der Waals surface area (Å²) in [6.07, 6.45) is 2.04. The number of carboxylic acid groups (broad SMARTS) is 1. The van der Waals surface area contributed by atoms with Crippen molar-refractivity contribution in [3.63, 3.8) is 0 Å². The number of nitrogens with two attached hydrogens (primary N) is 1. The Morgan fingerprint density at radius 1 is 1.80 bits per heavy atom. The van der Waals surface area contributed by atoms with Crippen molar-refractivity contribution in [2.24, 2.45) is 5.73 Å². The highest BCUT2D eigenvalue weighted by Crippen LogP contribution is 2.30. The van der Waals surface area contributed by atoms with Crippen LogP contribution >= 0.6 is 11.8 Å². The predicted octanol–water partition coefficient (Wildman–Crippen LogP) is 1.34. The van der Waals surface area contributed by atoms with Crippen LogP contribution in [0.15, 0.2) is 23.1 Å². The summed E-state index contributed by atoms with van der Waals surface area (Å²) in [6.45, 7) is 2.02. The molecule has 0 aromatic heterocycles. The zero-order valence-corrected chi connectivity index (χ0v) is 9.63. The molecule has 0 spiro atoms. The molecule has 1 atom stereocenters. The molecule has 0 fully saturated rings. The van der Waals surface area contributed by atoms with Crippen LogP contribution in [0.4, 0.5) is 0 Å². The fourth-order valence-electron chi connectivity index (χ4n) is 1.47. The van der Waals surface area contributed by atoms with E-state index < -0.39 is 5.97 Å². The van der Waals surface area contributed by atoms with Crippen molar-refractivity contribution in [3.8, 4) is 0 Å². The lowest BCUT2D eigenvalue weighted by molar-refractivity contribution is -0.133. The lowest BCUT2D eigenvalue weighted by Crippen LogP contribution is -2.23. The minimum atomic E-state index is -0.933. The molecule has 1 rings (SSSR count). The van der Waals surface area contributed by atoms with Gasteiger partial charge in [0.25, 0.3) is 0 Å². The van der Waals surface area contributed by atoms with Gasteiger partial charge in [0.05, 0.1) is 12.7 Å². The van der Waals surface area contributed by atoms with Gasteiger partial charge in [-0.05, 0) is 5.75 Å². The Morgan fingerprint density at radius 2 is 2.47 bits per heavy atom. The van der Waals surface area contributed by atoms with Crippen molar-refractivity contribution < 1.29 is 14.6 Å². The van der Waals surface area contributed by atoms with Gasteiger partial charge in [-0.3, -0.25) is 0 Å². The zero-order valence-electron chi connectivity index (χ0n) is 8.82. The highest BCUT2D eigenvalue weighted by Gasteiger charge is 2.26. The smallest absolute Gasteiger partial charge is 0.335 e. The second kappa shape index (κ2) is 5.11. The molecule has 15 heavy (non-hydrogen) atoms. The maximum absolute atomic E-state index is 11.0. The van der Waals surface area contributed by atoms with E-state index in [1.165, 1.54) is 7.11 Å². The van der Waals surface area contributed by atoms with Crippen LogP contribution in [0.5, 0.6) is 0 Å². The summed E-state index contributed by atoms with van der Waals surface area (Å²) in [5.41, 5.74) is 6.81. The number of rotatable bonds is 4. The number of carboxylic acids is 1. The molecule has 1 aliphatic rings. The highest BCUT2D eigenvalue weighted by atomic mass is 32.2. The molecule has 84 valence electrons. The van der Waals surface area contributed by atoms with Gasteiger partial charge in [0.15, 0.2) is 0 Å². The monoisotopic (exact) mass is 229 g/mol. The second-order valence-corrected chi connectivity index (χ2v) is 4.62. The molecule has 0 heterocycles. The molecular formula is C10H15NO3S. The van der Waals surface area contributed by atoms with E-state index in [2.05, 4.69) is 0 Å². The van der Waals surface area contributed by atoms with Gasteiger partial charge in [-0.25, -0.2) is 4.79 Å². The molecule has 0 amide bonds. The molecule has 0 saturated carbocycles. The standard InChI is InChI=1S/C10H15NO3S/c1-3-15-9-4-6(10(12)13)8(14-2)5-7(9)11/h5,9H,3-4,11H2,1-2H3,(H,12,13).